The van der Waals surface area contributed by atoms with Gasteiger partial charge in [0.15, 0.2) is 5.13 Å². The SMILES string of the molecule is Cc1cccc(Cc2cnc(NC(=O)c3ccc(C#N)cc3)s2)c1Cl. The molecule has 0 saturated heterocycles. The fourth-order valence-electron chi connectivity index (χ4n) is 2.34. The summed E-state index contributed by atoms with van der Waals surface area (Å²) in [6.07, 6.45) is 2.42. The van der Waals surface area contributed by atoms with Gasteiger partial charge in [-0.1, -0.05) is 29.8 Å². The number of benzene rings is 2. The maximum absolute atomic E-state index is 12.2. The second-order valence-corrected chi connectivity index (χ2v) is 6.99. The van der Waals surface area contributed by atoms with Crippen molar-refractivity contribution in [3.8, 4) is 6.07 Å². The van der Waals surface area contributed by atoms with Crippen LogP contribution >= 0.6 is 22.9 Å². The van der Waals surface area contributed by atoms with Crippen molar-refractivity contribution in [2.24, 2.45) is 0 Å². The molecule has 1 aromatic heterocycles. The first kappa shape index (κ1) is 17.2. The lowest BCUT2D eigenvalue weighted by molar-refractivity contribution is 0.102. The molecule has 0 bridgehead atoms. The van der Waals surface area contributed by atoms with E-state index in [9.17, 15) is 4.79 Å². The average molecular weight is 368 g/mol. The highest BCUT2D eigenvalue weighted by molar-refractivity contribution is 7.15. The monoisotopic (exact) mass is 367 g/mol. The Morgan fingerprint density at radius 2 is 2.04 bits per heavy atom. The Labute approximate surface area is 154 Å². The number of nitrogens with one attached hydrogen (secondary N) is 1. The van der Waals surface area contributed by atoms with E-state index in [4.69, 9.17) is 16.9 Å². The summed E-state index contributed by atoms with van der Waals surface area (Å²) in [5.74, 6) is -0.251. The minimum atomic E-state index is -0.251. The minimum absolute atomic E-state index is 0.251. The van der Waals surface area contributed by atoms with Crippen molar-refractivity contribution in [1.29, 1.82) is 5.26 Å². The van der Waals surface area contributed by atoms with Gasteiger partial charge in [-0.05, 0) is 42.3 Å². The van der Waals surface area contributed by atoms with Crippen LogP contribution < -0.4 is 5.32 Å². The number of halogens is 1. The van der Waals surface area contributed by atoms with E-state index in [1.807, 2.05) is 31.2 Å². The van der Waals surface area contributed by atoms with Gasteiger partial charge in [0.1, 0.15) is 0 Å². The molecule has 2 aromatic carbocycles. The van der Waals surface area contributed by atoms with E-state index < -0.39 is 0 Å². The van der Waals surface area contributed by atoms with Gasteiger partial charge in [-0.3, -0.25) is 10.1 Å². The highest BCUT2D eigenvalue weighted by Gasteiger charge is 2.11. The van der Waals surface area contributed by atoms with Crippen LogP contribution in [-0.4, -0.2) is 10.9 Å². The van der Waals surface area contributed by atoms with Crippen molar-refractivity contribution in [3.05, 3.63) is 80.8 Å². The van der Waals surface area contributed by atoms with Crippen LogP contribution in [-0.2, 0) is 6.42 Å². The lowest BCUT2D eigenvalue weighted by Crippen LogP contribution is -2.11. The van der Waals surface area contributed by atoms with Crippen molar-refractivity contribution >= 4 is 34.0 Å². The predicted octanol–water partition coefficient (Wildman–Crippen LogP) is 4.82. The fraction of sp³-hybridized carbons (Fsp3) is 0.105. The molecule has 0 aliphatic heterocycles. The molecule has 1 amide bonds. The summed E-state index contributed by atoms with van der Waals surface area (Å²) in [7, 11) is 0. The summed E-state index contributed by atoms with van der Waals surface area (Å²) in [4.78, 5) is 17.5. The summed E-state index contributed by atoms with van der Waals surface area (Å²) >= 11 is 7.75. The number of rotatable bonds is 4. The number of aryl methyl sites for hydroxylation is 1. The first-order valence-corrected chi connectivity index (χ1v) is 8.76. The van der Waals surface area contributed by atoms with Gasteiger partial charge in [-0.25, -0.2) is 4.98 Å². The average Bonchev–Trinajstić information content (AvgIpc) is 3.06. The smallest absolute Gasteiger partial charge is 0.257 e. The Bertz CT molecular complexity index is 958. The maximum Gasteiger partial charge on any atom is 0.257 e. The third-order valence-electron chi connectivity index (χ3n) is 3.69. The molecule has 1 N–H and O–H groups in total. The van der Waals surface area contributed by atoms with Crippen molar-refractivity contribution in [2.45, 2.75) is 13.3 Å². The van der Waals surface area contributed by atoms with E-state index in [2.05, 4.69) is 10.3 Å². The summed E-state index contributed by atoms with van der Waals surface area (Å²) in [5.41, 5.74) is 3.08. The number of amides is 1. The third kappa shape index (κ3) is 4.05. The highest BCUT2D eigenvalue weighted by atomic mass is 35.5. The van der Waals surface area contributed by atoms with Gasteiger partial charge in [0.25, 0.3) is 5.91 Å². The van der Waals surface area contributed by atoms with Crippen molar-refractivity contribution in [1.82, 2.24) is 4.98 Å². The highest BCUT2D eigenvalue weighted by Crippen LogP contribution is 2.27. The van der Waals surface area contributed by atoms with Crippen LogP contribution in [0.2, 0.25) is 5.02 Å². The Kier molecular flexibility index (Phi) is 5.13. The number of carbonyl (C=O) groups excluding carboxylic acids is 1. The Morgan fingerprint density at radius 1 is 1.28 bits per heavy atom. The second kappa shape index (κ2) is 7.47. The molecule has 25 heavy (non-hydrogen) atoms. The van der Waals surface area contributed by atoms with Crippen LogP contribution in [0.1, 0.15) is 31.9 Å². The number of carbonyl (C=O) groups is 1. The molecule has 0 fully saturated rings. The van der Waals surface area contributed by atoms with Crippen LogP contribution in [0.5, 0.6) is 0 Å². The number of nitriles is 1. The summed E-state index contributed by atoms with van der Waals surface area (Å²) in [5, 5.41) is 12.9. The van der Waals surface area contributed by atoms with E-state index >= 15 is 0 Å². The number of nitrogens with zero attached hydrogens (tertiary/aromatic N) is 2. The molecule has 0 unspecified atom stereocenters. The summed E-state index contributed by atoms with van der Waals surface area (Å²) < 4.78 is 0. The van der Waals surface area contributed by atoms with E-state index in [1.165, 1.54) is 11.3 Å². The number of aromatic nitrogens is 1. The predicted molar refractivity (Wildman–Crippen MR) is 100 cm³/mol. The van der Waals surface area contributed by atoms with E-state index in [0.717, 1.165) is 21.0 Å². The molecule has 6 heteroatoms. The van der Waals surface area contributed by atoms with Crippen LogP contribution in [0.15, 0.2) is 48.7 Å². The first-order valence-electron chi connectivity index (χ1n) is 7.57. The largest absolute Gasteiger partial charge is 0.298 e. The maximum atomic E-state index is 12.2. The molecule has 0 atom stereocenters. The second-order valence-electron chi connectivity index (χ2n) is 5.50. The van der Waals surface area contributed by atoms with E-state index in [0.29, 0.717) is 22.7 Å². The lowest BCUT2D eigenvalue weighted by Gasteiger charge is -2.04. The topological polar surface area (TPSA) is 65.8 Å². The molecular formula is C19H14ClN3OS. The van der Waals surface area contributed by atoms with Gasteiger partial charge in [0, 0.05) is 28.1 Å². The normalized spacial score (nSPS) is 10.3. The molecule has 0 saturated carbocycles. The zero-order valence-electron chi connectivity index (χ0n) is 13.4. The van der Waals surface area contributed by atoms with Gasteiger partial charge in [0.05, 0.1) is 11.6 Å². The Morgan fingerprint density at radius 3 is 2.76 bits per heavy atom. The van der Waals surface area contributed by atoms with Crippen molar-refractivity contribution < 1.29 is 4.79 Å². The number of hydrogen-bond donors (Lipinski definition) is 1. The Hall–Kier alpha value is -2.68. The molecule has 0 spiro atoms. The molecule has 3 aromatic rings. The zero-order chi connectivity index (χ0) is 17.8. The minimum Gasteiger partial charge on any atom is -0.298 e. The molecule has 3 rings (SSSR count). The van der Waals surface area contributed by atoms with Gasteiger partial charge < -0.3 is 0 Å². The van der Waals surface area contributed by atoms with Crippen LogP contribution in [0.25, 0.3) is 0 Å². The van der Waals surface area contributed by atoms with Gasteiger partial charge in [-0.15, -0.1) is 11.3 Å². The molecular weight excluding hydrogens is 354 g/mol. The quantitative estimate of drug-likeness (QED) is 0.718. The van der Waals surface area contributed by atoms with Crippen LogP contribution in [0, 0.1) is 18.3 Å². The van der Waals surface area contributed by atoms with Crippen molar-refractivity contribution in [2.75, 3.05) is 5.32 Å². The zero-order valence-corrected chi connectivity index (χ0v) is 15.0. The third-order valence-corrected chi connectivity index (χ3v) is 5.14. The van der Waals surface area contributed by atoms with Crippen LogP contribution in [0.4, 0.5) is 5.13 Å². The molecule has 124 valence electrons. The standard InChI is InChI=1S/C19H14ClN3OS/c1-12-3-2-4-15(17(12)20)9-16-11-22-19(25-16)23-18(24)14-7-5-13(10-21)6-8-14/h2-8,11H,9H2,1H3,(H,22,23,24). The first-order chi connectivity index (χ1) is 12.1. The lowest BCUT2D eigenvalue weighted by atomic mass is 10.1. The summed E-state index contributed by atoms with van der Waals surface area (Å²) in [6, 6.07) is 14.4. The molecule has 4 nitrogen and oxygen atoms in total. The van der Waals surface area contributed by atoms with Crippen molar-refractivity contribution in [3.63, 3.8) is 0 Å². The van der Waals surface area contributed by atoms with Crippen LogP contribution in [0.3, 0.4) is 0 Å². The summed E-state index contributed by atoms with van der Waals surface area (Å²) in [6.45, 7) is 1.97. The Balaban J connectivity index is 1.70. The van der Waals surface area contributed by atoms with Gasteiger partial charge >= 0.3 is 0 Å². The number of thiazole rings is 1. The number of hydrogen-bond acceptors (Lipinski definition) is 4. The van der Waals surface area contributed by atoms with E-state index in [1.54, 1.807) is 30.5 Å². The molecule has 0 radical (unpaired) electrons. The molecule has 0 aliphatic carbocycles. The number of anilines is 1. The van der Waals surface area contributed by atoms with Gasteiger partial charge in [-0.2, -0.15) is 5.26 Å². The van der Waals surface area contributed by atoms with E-state index in [-0.39, 0.29) is 5.91 Å². The molecule has 1 heterocycles. The van der Waals surface area contributed by atoms with Gasteiger partial charge in [0.2, 0.25) is 0 Å². The fourth-order valence-corrected chi connectivity index (χ4v) is 3.37. The molecule has 0 aliphatic rings.